The summed E-state index contributed by atoms with van der Waals surface area (Å²) in [7, 11) is 2.06. The molecule has 6 aromatic rings. The Hall–Kier alpha value is -3.60. The summed E-state index contributed by atoms with van der Waals surface area (Å²) in [5.74, 6) is 0.899. The van der Waals surface area contributed by atoms with Gasteiger partial charge in [0.2, 0.25) is 0 Å². The number of nitrogens with zero attached hydrogens (tertiary/aromatic N) is 5. The maximum absolute atomic E-state index is 4.79. The molecule has 1 aliphatic heterocycles. The van der Waals surface area contributed by atoms with Crippen LogP contribution in [-0.2, 0) is 26.5 Å². The number of para-hydroxylation sites is 3. The molecule has 0 atom stereocenters. The normalized spacial score (nSPS) is 13.1. The maximum atomic E-state index is 4.79. The van der Waals surface area contributed by atoms with Crippen molar-refractivity contribution in [1.29, 1.82) is 0 Å². The molecule has 0 unspecified atom stereocenters. The van der Waals surface area contributed by atoms with Crippen LogP contribution in [0.4, 0.5) is 17.1 Å². The Morgan fingerprint density at radius 1 is 0.805 bits per heavy atom. The monoisotopic (exact) mass is 733 g/mol. The average molecular weight is 734 g/mol. The number of pyridine rings is 2. The Morgan fingerprint density at radius 3 is 2.39 bits per heavy atom. The van der Waals surface area contributed by atoms with E-state index < -0.39 is 0 Å². The van der Waals surface area contributed by atoms with Gasteiger partial charge in [0.1, 0.15) is 5.82 Å². The number of rotatable bonds is 4. The first-order valence-electron chi connectivity index (χ1n) is 13.3. The van der Waals surface area contributed by atoms with Crippen LogP contribution in [0.2, 0.25) is 0 Å². The number of benzene rings is 3. The molecule has 0 spiro atoms. The molecule has 0 fully saturated rings. The van der Waals surface area contributed by atoms with E-state index >= 15 is 0 Å². The van der Waals surface area contributed by atoms with E-state index in [4.69, 9.17) is 4.98 Å². The van der Waals surface area contributed by atoms with Gasteiger partial charge < -0.3 is 14.4 Å². The Labute approximate surface area is 259 Å². The molecule has 0 N–H and O–H groups in total. The van der Waals surface area contributed by atoms with Crippen LogP contribution in [0, 0.1) is 18.8 Å². The minimum absolute atomic E-state index is 0. The summed E-state index contributed by atoms with van der Waals surface area (Å²) in [6, 6.07) is 34.7. The number of anilines is 3. The van der Waals surface area contributed by atoms with E-state index in [0.717, 1.165) is 49.2 Å². The fourth-order valence-corrected chi connectivity index (χ4v) is 6.05. The molecule has 5 nitrogen and oxygen atoms in total. The molecule has 1 aliphatic rings. The molecule has 0 aliphatic carbocycles. The van der Waals surface area contributed by atoms with Gasteiger partial charge in [-0.3, -0.25) is 4.98 Å². The van der Waals surface area contributed by atoms with Crippen molar-refractivity contribution in [3.63, 3.8) is 0 Å². The molecule has 0 saturated heterocycles. The Kier molecular flexibility index (Phi) is 7.17. The Bertz CT molecular complexity index is 1890. The zero-order chi connectivity index (χ0) is 27.4. The van der Waals surface area contributed by atoms with Crippen molar-refractivity contribution in [2.45, 2.75) is 36.1 Å². The van der Waals surface area contributed by atoms with Crippen LogP contribution in [-0.4, -0.2) is 21.6 Å². The van der Waals surface area contributed by atoms with Crippen LogP contribution in [0.15, 0.2) is 101 Å². The van der Waals surface area contributed by atoms with E-state index in [1.54, 1.807) is 11.8 Å². The summed E-state index contributed by atoms with van der Waals surface area (Å²) in [6.07, 6.45) is 3.75. The van der Waals surface area contributed by atoms with Crippen LogP contribution in [0.5, 0.6) is 0 Å². The van der Waals surface area contributed by atoms with Crippen molar-refractivity contribution in [2.75, 3.05) is 16.8 Å². The van der Waals surface area contributed by atoms with Crippen molar-refractivity contribution in [3.05, 3.63) is 116 Å². The first kappa shape index (κ1) is 27.6. The van der Waals surface area contributed by atoms with Crippen LogP contribution >= 0.6 is 11.8 Å². The summed E-state index contributed by atoms with van der Waals surface area (Å²) >= 11 is 1.57. The molecule has 3 aromatic heterocycles. The van der Waals surface area contributed by atoms with Crippen molar-refractivity contribution < 1.29 is 21.1 Å². The van der Waals surface area contributed by atoms with Crippen molar-refractivity contribution in [3.8, 4) is 5.82 Å². The van der Waals surface area contributed by atoms with E-state index in [0.29, 0.717) is 0 Å². The van der Waals surface area contributed by atoms with Gasteiger partial charge in [0.05, 0.1) is 0 Å². The van der Waals surface area contributed by atoms with E-state index in [1.165, 1.54) is 10.9 Å². The molecule has 3 aromatic carbocycles. The van der Waals surface area contributed by atoms with Gasteiger partial charge in [0, 0.05) is 49.2 Å². The molecule has 4 heterocycles. The third kappa shape index (κ3) is 4.94. The average Bonchev–Trinajstić information content (AvgIpc) is 3.47. The van der Waals surface area contributed by atoms with E-state index in [2.05, 4.69) is 139 Å². The second kappa shape index (κ2) is 10.7. The molecular weight excluding hydrogens is 706 g/mol. The zero-order valence-corrected chi connectivity index (χ0v) is 26.3. The van der Waals surface area contributed by atoms with Crippen molar-refractivity contribution >= 4 is 50.6 Å². The van der Waals surface area contributed by atoms with Gasteiger partial charge in [-0.25, -0.2) is 4.98 Å². The Morgan fingerprint density at radius 2 is 1.56 bits per heavy atom. The minimum Gasteiger partial charge on any atom is -0.504 e. The van der Waals surface area contributed by atoms with E-state index in [1.807, 2.05) is 18.5 Å². The quantitative estimate of drug-likeness (QED) is 0.171. The van der Waals surface area contributed by atoms with Gasteiger partial charge in [-0.2, -0.15) is 36.6 Å². The van der Waals surface area contributed by atoms with Crippen LogP contribution in [0.25, 0.3) is 27.6 Å². The third-order valence-electron chi connectivity index (χ3n) is 7.33. The van der Waals surface area contributed by atoms with Crippen molar-refractivity contribution in [1.82, 2.24) is 14.5 Å². The molecule has 0 amide bonds. The van der Waals surface area contributed by atoms with Gasteiger partial charge >= 0.3 is 0 Å². The molecule has 0 radical (unpaired) electrons. The molecule has 7 heteroatoms. The second-order valence-electron chi connectivity index (χ2n) is 11.0. The molecule has 208 valence electrons. The summed E-state index contributed by atoms with van der Waals surface area (Å²) in [5.41, 5.74) is 6.64. The largest absolute Gasteiger partial charge is 0.504 e. The topological polar surface area (TPSA) is 37.2 Å². The van der Waals surface area contributed by atoms with Crippen LogP contribution in [0.1, 0.15) is 26.3 Å². The van der Waals surface area contributed by atoms with E-state index in [-0.39, 0.29) is 26.5 Å². The van der Waals surface area contributed by atoms with Gasteiger partial charge in [-0.1, -0.05) is 67.7 Å². The predicted molar refractivity (Wildman–Crippen MR) is 165 cm³/mol. The SMILES string of the molecule is CN1[CH-]N(c2[c-]c(Sc3[c-]c4c(cc3)c3ccccc3n4-c3cc(C(C)(C)C)ccn3)ncc2)c2ccccc21.[Pt]. The predicted octanol–water partition coefficient (Wildman–Crippen LogP) is 8.33. The van der Waals surface area contributed by atoms with Gasteiger partial charge in [0.25, 0.3) is 0 Å². The fraction of sp³-hybridized carbons (Fsp3) is 0.147. The molecular formula is C34H28N5PtS-3. The number of hydrogen-bond donors (Lipinski definition) is 0. The summed E-state index contributed by atoms with van der Waals surface area (Å²) in [5, 5.41) is 3.14. The maximum Gasteiger partial charge on any atom is 0.135 e. The summed E-state index contributed by atoms with van der Waals surface area (Å²) < 4.78 is 2.23. The summed E-state index contributed by atoms with van der Waals surface area (Å²) in [4.78, 5) is 14.7. The first-order valence-corrected chi connectivity index (χ1v) is 14.1. The Balaban J connectivity index is 0.00000302. The standard InChI is InChI=1S/C34H28N5S.Pt/c1-34(2,3)23-15-17-35-32(19-23)39-28-10-6-5-9-26(28)27-14-13-25(21-31(27)39)40-33-20-24(16-18-36-33)38-22-37(4)29-11-7-8-12-30(29)38;/h5-19,22H,1-4H3;/q-3;. The van der Waals surface area contributed by atoms with Crippen LogP contribution < -0.4 is 9.80 Å². The molecule has 7 rings (SSSR count). The van der Waals surface area contributed by atoms with Crippen molar-refractivity contribution in [2.24, 2.45) is 0 Å². The smallest absolute Gasteiger partial charge is 0.135 e. The molecule has 0 bridgehead atoms. The number of aromatic nitrogens is 3. The first-order chi connectivity index (χ1) is 19.4. The van der Waals surface area contributed by atoms with Gasteiger partial charge in [0.15, 0.2) is 0 Å². The zero-order valence-electron chi connectivity index (χ0n) is 23.2. The van der Waals surface area contributed by atoms with Crippen LogP contribution in [0.3, 0.4) is 0 Å². The fourth-order valence-electron chi connectivity index (χ4n) is 5.29. The van der Waals surface area contributed by atoms with Gasteiger partial charge in [-0.15, -0.1) is 23.2 Å². The number of hydrogen-bond acceptors (Lipinski definition) is 5. The van der Waals surface area contributed by atoms with Gasteiger partial charge in [-0.05, 0) is 53.7 Å². The number of fused-ring (bicyclic) bond motifs is 4. The molecule has 0 saturated carbocycles. The molecule has 41 heavy (non-hydrogen) atoms. The minimum atomic E-state index is 0. The second-order valence-corrected chi connectivity index (χ2v) is 12.1. The third-order valence-corrected chi connectivity index (χ3v) is 8.19. The van der Waals surface area contributed by atoms with E-state index in [9.17, 15) is 0 Å². The summed E-state index contributed by atoms with van der Waals surface area (Å²) in [6.45, 7) is 8.77.